The molecule has 5 nitrogen and oxygen atoms in total. The highest BCUT2D eigenvalue weighted by Crippen LogP contribution is 2.10. The number of rotatable bonds is 2. The van der Waals surface area contributed by atoms with Crippen molar-refractivity contribution in [2.24, 2.45) is 0 Å². The zero-order valence-electron chi connectivity index (χ0n) is 8.97. The van der Waals surface area contributed by atoms with Crippen LogP contribution in [-0.2, 0) is 0 Å². The normalized spacial score (nSPS) is 8.87. The molecule has 0 unspecified atom stereocenters. The first-order valence-corrected chi connectivity index (χ1v) is 4.63. The van der Waals surface area contributed by atoms with Crippen molar-refractivity contribution in [1.29, 1.82) is 0 Å². The van der Waals surface area contributed by atoms with E-state index in [1.54, 1.807) is 6.92 Å². The standard InChI is InChI=1S/C7H8BNO4.C2H6/c1-5-2-6(8(10)11)4-7(3-5)9(12)13;1-2/h2-4,10-11H,1H3;1-2H3. The number of hydrogen-bond donors (Lipinski definition) is 2. The summed E-state index contributed by atoms with van der Waals surface area (Å²) in [6.45, 7) is 5.65. The minimum absolute atomic E-state index is 0.131. The lowest BCUT2D eigenvalue weighted by Crippen LogP contribution is -2.30. The van der Waals surface area contributed by atoms with Gasteiger partial charge in [-0.15, -0.1) is 0 Å². The zero-order valence-corrected chi connectivity index (χ0v) is 8.97. The maximum absolute atomic E-state index is 10.4. The molecule has 0 saturated carbocycles. The largest absolute Gasteiger partial charge is 0.488 e. The molecule has 0 aromatic heterocycles. The molecule has 1 rings (SSSR count). The molecule has 0 aliphatic carbocycles. The third kappa shape index (κ3) is 4.10. The lowest BCUT2D eigenvalue weighted by atomic mass is 9.79. The highest BCUT2D eigenvalue weighted by Gasteiger charge is 2.15. The van der Waals surface area contributed by atoms with Crippen LogP contribution >= 0.6 is 0 Å². The van der Waals surface area contributed by atoms with Crippen LogP contribution in [0.2, 0.25) is 0 Å². The van der Waals surface area contributed by atoms with E-state index in [-0.39, 0.29) is 11.2 Å². The fourth-order valence-corrected chi connectivity index (χ4v) is 1.05. The van der Waals surface area contributed by atoms with Crippen LogP contribution in [0, 0.1) is 17.0 Å². The monoisotopic (exact) mass is 211 g/mol. The van der Waals surface area contributed by atoms with Crippen LogP contribution in [0.25, 0.3) is 0 Å². The molecule has 0 radical (unpaired) electrons. The van der Waals surface area contributed by atoms with Crippen LogP contribution in [-0.4, -0.2) is 22.1 Å². The highest BCUT2D eigenvalue weighted by molar-refractivity contribution is 6.58. The van der Waals surface area contributed by atoms with Gasteiger partial charge in [0.25, 0.3) is 5.69 Å². The van der Waals surface area contributed by atoms with E-state index in [2.05, 4.69) is 0 Å². The summed E-state index contributed by atoms with van der Waals surface area (Å²) in [5, 5.41) is 27.9. The topological polar surface area (TPSA) is 83.6 Å². The number of nitro groups is 1. The van der Waals surface area contributed by atoms with Gasteiger partial charge in [-0.05, 0) is 17.9 Å². The minimum Gasteiger partial charge on any atom is -0.423 e. The quantitative estimate of drug-likeness (QED) is 0.426. The molecular weight excluding hydrogens is 197 g/mol. The summed E-state index contributed by atoms with van der Waals surface area (Å²) >= 11 is 0. The molecular formula is C9H14BNO4. The Morgan fingerprint density at radius 3 is 2.20 bits per heavy atom. The number of nitro benzene ring substituents is 1. The van der Waals surface area contributed by atoms with E-state index < -0.39 is 12.0 Å². The number of benzene rings is 1. The van der Waals surface area contributed by atoms with Gasteiger partial charge in [0.2, 0.25) is 0 Å². The number of non-ortho nitro benzene ring substituents is 1. The summed E-state index contributed by atoms with van der Waals surface area (Å²) in [4.78, 5) is 9.80. The molecule has 0 amide bonds. The SMILES string of the molecule is CC.Cc1cc(B(O)O)cc([N+](=O)[O-])c1. The predicted octanol–water partition coefficient (Wildman–Crippen LogP) is 0.609. The number of nitrogens with zero attached hydrogens (tertiary/aromatic N) is 1. The Bertz CT molecular complexity index is 341. The van der Waals surface area contributed by atoms with Crippen molar-refractivity contribution in [2.75, 3.05) is 0 Å². The highest BCUT2D eigenvalue weighted by atomic mass is 16.6. The van der Waals surface area contributed by atoms with Gasteiger partial charge in [0, 0.05) is 12.1 Å². The van der Waals surface area contributed by atoms with E-state index in [1.165, 1.54) is 12.1 Å². The Kier molecular flexibility index (Phi) is 5.58. The summed E-state index contributed by atoms with van der Waals surface area (Å²) in [7, 11) is -1.67. The first-order chi connectivity index (χ1) is 7.00. The molecule has 0 saturated heterocycles. The Hall–Kier alpha value is -1.40. The minimum atomic E-state index is -1.67. The van der Waals surface area contributed by atoms with Crippen LogP contribution in [0.15, 0.2) is 18.2 Å². The summed E-state index contributed by atoms with van der Waals surface area (Å²) in [5.41, 5.74) is 0.618. The van der Waals surface area contributed by atoms with Gasteiger partial charge >= 0.3 is 7.12 Å². The van der Waals surface area contributed by atoms with Crippen molar-refractivity contribution in [3.63, 3.8) is 0 Å². The van der Waals surface area contributed by atoms with Gasteiger partial charge in [0.05, 0.1) is 4.92 Å². The number of hydrogen-bond acceptors (Lipinski definition) is 4. The van der Waals surface area contributed by atoms with Crippen molar-refractivity contribution in [1.82, 2.24) is 0 Å². The molecule has 0 aliphatic heterocycles. The summed E-state index contributed by atoms with van der Waals surface area (Å²) in [6.07, 6.45) is 0. The molecule has 15 heavy (non-hydrogen) atoms. The summed E-state index contributed by atoms with van der Waals surface area (Å²) in [5.74, 6) is 0. The molecule has 0 fully saturated rings. The molecule has 1 aromatic carbocycles. The lowest BCUT2D eigenvalue weighted by Gasteiger charge is -2.00. The van der Waals surface area contributed by atoms with Crippen molar-refractivity contribution < 1.29 is 15.0 Å². The van der Waals surface area contributed by atoms with Crippen LogP contribution in [0.5, 0.6) is 0 Å². The Labute approximate surface area is 88.7 Å². The Balaban J connectivity index is 0.000000921. The third-order valence-electron chi connectivity index (χ3n) is 1.59. The zero-order chi connectivity index (χ0) is 12.0. The fourth-order valence-electron chi connectivity index (χ4n) is 1.05. The van der Waals surface area contributed by atoms with Crippen molar-refractivity contribution in [3.8, 4) is 0 Å². The van der Waals surface area contributed by atoms with Crippen LogP contribution in [0.1, 0.15) is 19.4 Å². The van der Waals surface area contributed by atoms with Crippen molar-refractivity contribution in [2.45, 2.75) is 20.8 Å². The van der Waals surface area contributed by atoms with Crippen LogP contribution in [0.4, 0.5) is 5.69 Å². The van der Waals surface area contributed by atoms with Crippen LogP contribution in [0.3, 0.4) is 0 Å². The maximum Gasteiger partial charge on any atom is 0.488 e. The van der Waals surface area contributed by atoms with Gasteiger partial charge in [-0.3, -0.25) is 10.1 Å². The van der Waals surface area contributed by atoms with E-state index in [4.69, 9.17) is 10.0 Å². The number of aryl methyl sites for hydroxylation is 1. The second-order valence-corrected chi connectivity index (χ2v) is 2.73. The van der Waals surface area contributed by atoms with Crippen molar-refractivity contribution in [3.05, 3.63) is 33.9 Å². The van der Waals surface area contributed by atoms with Gasteiger partial charge < -0.3 is 10.0 Å². The molecule has 0 bridgehead atoms. The molecule has 6 heteroatoms. The second-order valence-electron chi connectivity index (χ2n) is 2.73. The van der Waals surface area contributed by atoms with Gasteiger partial charge in [0.15, 0.2) is 0 Å². The van der Waals surface area contributed by atoms with Gasteiger partial charge in [-0.1, -0.05) is 19.9 Å². The van der Waals surface area contributed by atoms with E-state index in [0.29, 0.717) is 5.56 Å². The lowest BCUT2D eigenvalue weighted by molar-refractivity contribution is -0.384. The van der Waals surface area contributed by atoms with Crippen LogP contribution < -0.4 is 5.46 Å². The van der Waals surface area contributed by atoms with E-state index in [9.17, 15) is 10.1 Å². The van der Waals surface area contributed by atoms with E-state index in [0.717, 1.165) is 6.07 Å². The maximum atomic E-state index is 10.4. The Morgan fingerprint density at radius 2 is 1.80 bits per heavy atom. The molecule has 0 spiro atoms. The predicted molar refractivity (Wildman–Crippen MR) is 59.0 cm³/mol. The smallest absolute Gasteiger partial charge is 0.423 e. The second kappa shape index (κ2) is 6.16. The summed E-state index contributed by atoms with van der Waals surface area (Å²) < 4.78 is 0. The molecule has 82 valence electrons. The molecule has 0 atom stereocenters. The first-order valence-electron chi connectivity index (χ1n) is 4.63. The Morgan fingerprint density at radius 1 is 1.27 bits per heavy atom. The molecule has 1 aromatic rings. The van der Waals surface area contributed by atoms with Gasteiger partial charge in [-0.2, -0.15) is 0 Å². The average molecular weight is 211 g/mol. The fraction of sp³-hybridized carbons (Fsp3) is 0.333. The summed E-state index contributed by atoms with van der Waals surface area (Å²) in [6, 6.07) is 3.99. The molecule has 0 aliphatic rings. The van der Waals surface area contributed by atoms with E-state index in [1.807, 2.05) is 13.8 Å². The van der Waals surface area contributed by atoms with Crippen molar-refractivity contribution >= 4 is 18.3 Å². The average Bonchev–Trinajstić information content (AvgIpc) is 2.19. The molecule has 2 N–H and O–H groups in total. The third-order valence-corrected chi connectivity index (χ3v) is 1.59. The van der Waals surface area contributed by atoms with Gasteiger partial charge in [-0.25, -0.2) is 0 Å². The van der Waals surface area contributed by atoms with Gasteiger partial charge in [0.1, 0.15) is 0 Å². The first kappa shape index (κ1) is 13.6. The van der Waals surface area contributed by atoms with E-state index >= 15 is 0 Å². The molecule has 0 heterocycles.